The third-order valence-corrected chi connectivity index (χ3v) is 3.70. The van der Waals surface area contributed by atoms with Crippen LogP contribution in [0.1, 0.15) is 32.4 Å². The van der Waals surface area contributed by atoms with Crippen molar-refractivity contribution in [3.05, 3.63) is 29.8 Å². The van der Waals surface area contributed by atoms with Crippen LogP contribution in [0.2, 0.25) is 0 Å². The highest BCUT2D eigenvalue weighted by atomic mass is 32.2. The van der Waals surface area contributed by atoms with Gasteiger partial charge in [0.25, 0.3) is 0 Å². The maximum absolute atomic E-state index is 11.8. The van der Waals surface area contributed by atoms with Gasteiger partial charge in [0.1, 0.15) is 6.04 Å². The minimum Gasteiger partial charge on any atom is -0.352 e. The number of carbonyl (C=O) groups excluding carboxylic acids is 2. The Labute approximate surface area is 123 Å². The molecule has 0 aliphatic carbocycles. The number of primary amides is 1. The first kappa shape index (κ1) is 16.4. The van der Waals surface area contributed by atoms with Gasteiger partial charge in [0.05, 0.1) is 6.04 Å². The second-order valence-electron chi connectivity index (χ2n) is 4.46. The number of nitrogens with one attached hydrogen (secondary N) is 2. The van der Waals surface area contributed by atoms with E-state index in [4.69, 9.17) is 5.73 Å². The molecule has 3 amide bonds. The van der Waals surface area contributed by atoms with Gasteiger partial charge in [-0.15, -0.1) is 11.8 Å². The first-order chi connectivity index (χ1) is 9.43. The zero-order chi connectivity index (χ0) is 15.1. The molecule has 0 saturated carbocycles. The molecular formula is C14H21N3O2S. The van der Waals surface area contributed by atoms with E-state index in [0.29, 0.717) is 0 Å². The number of thioether (sulfide) groups is 1. The second-order valence-corrected chi connectivity index (χ2v) is 5.80. The largest absolute Gasteiger partial charge is 0.352 e. The standard InChI is InChI=1S/C14H21N3O2S/c1-4-20-12-7-5-11(6-8-12)9(2)16-13(18)10(3)17-14(15)19/h5-10H,4H2,1-3H3,(H,16,18)(H3,15,17,19). The minimum absolute atomic E-state index is 0.125. The summed E-state index contributed by atoms with van der Waals surface area (Å²) in [6.07, 6.45) is 0. The van der Waals surface area contributed by atoms with E-state index in [1.54, 1.807) is 18.7 Å². The van der Waals surface area contributed by atoms with Crippen molar-refractivity contribution in [2.45, 2.75) is 37.8 Å². The summed E-state index contributed by atoms with van der Waals surface area (Å²) in [4.78, 5) is 23.8. The van der Waals surface area contributed by atoms with Crippen LogP contribution in [0, 0.1) is 0 Å². The van der Waals surface area contributed by atoms with Crippen molar-refractivity contribution in [1.82, 2.24) is 10.6 Å². The lowest BCUT2D eigenvalue weighted by Gasteiger charge is -2.18. The Balaban J connectivity index is 2.59. The molecule has 6 heteroatoms. The molecule has 110 valence electrons. The Hall–Kier alpha value is -1.69. The van der Waals surface area contributed by atoms with Crippen LogP contribution in [0.3, 0.4) is 0 Å². The van der Waals surface area contributed by atoms with Gasteiger partial charge in [-0.05, 0) is 37.3 Å². The van der Waals surface area contributed by atoms with Crippen LogP contribution in [0.15, 0.2) is 29.2 Å². The summed E-state index contributed by atoms with van der Waals surface area (Å²) in [5.74, 6) is 0.769. The highest BCUT2D eigenvalue weighted by Gasteiger charge is 2.16. The third kappa shape index (κ3) is 5.13. The molecule has 0 saturated heterocycles. The second kappa shape index (κ2) is 7.79. The van der Waals surface area contributed by atoms with Crippen LogP contribution in [-0.4, -0.2) is 23.7 Å². The predicted octanol–water partition coefficient (Wildman–Crippen LogP) is 2.03. The van der Waals surface area contributed by atoms with E-state index in [9.17, 15) is 9.59 Å². The quantitative estimate of drug-likeness (QED) is 0.702. The van der Waals surface area contributed by atoms with Gasteiger partial charge in [-0.1, -0.05) is 19.1 Å². The van der Waals surface area contributed by atoms with Gasteiger partial charge in [0.15, 0.2) is 0 Å². The number of hydrogen-bond acceptors (Lipinski definition) is 3. The van der Waals surface area contributed by atoms with Crippen molar-refractivity contribution in [2.24, 2.45) is 5.73 Å². The molecule has 0 aliphatic heterocycles. The van der Waals surface area contributed by atoms with E-state index in [1.165, 1.54) is 4.90 Å². The Bertz CT molecular complexity index is 462. The number of hydrogen-bond donors (Lipinski definition) is 3. The lowest BCUT2D eigenvalue weighted by Crippen LogP contribution is -2.47. The van der Waals surface area contributed by atoms with Crippen molar-refractivity contribution in [2.75, 3.05) is 5.75 Å². The molecule has 1 aromatic carbocycles. The lowest BCUT2D eigenvalue weighted by molar-refractivity contribution is -0.123. The summed E-state index contributed by atoms with van der Waals surface area (Å²) in [7, 11) is 0. The predicted molar refractivity (Wildman–Crippen MR) is 81.6 cm³/mol. The molecule has 0 heterocycles. The minimum atomic E-state index is -0.707. The van der Waals surface area contributed by atoms with Crippen LogP contribution in [0.5, 0.6) is 0 Å². The van der Waals surface area contributed by atoms with Gasteiger partial charge in [0, 0.05) is 4.90 Å². The maximum atomic E-state index is 11.8. The van der Waals surface area contributed by atoms with Crippen LogP contribution in [-0.2, 0) is 4.79 Å². The normalized spacial score (nSPS) is 13.3. The number of carbonyl (C=O) groups is 2. The average molecular weight is 295 g/mol. The molecule has 2 unspecified atom stereocenters. The molecule has 0 spiro atoms. The molecule has 1 rings (SSSR count). The van der Waals surface area contributed by atoms with Crippen molar-refractivity contribution in [1.29, 1.82) is 0 Å². The van der Waals surface area contributed by atoms with E-state index in [0.717, 1.165) is 11.3 Å². The van der Waals surface area contributed by atoms with E-state index in [1.807, 2.05) is 31.2 Å². The summed E-state index contributed by atoms with van der Waals surface area (Å²) in [6, 6.07) is 6.59. The van der Waals surface area contributed by atoms with E-state index in [-0.39, 0.29) is 11.9 Å². The topological polar surface area (TPSA) is 84.2 Å². The average Bonchev–Trinajstić information content (AvgIpc) is 2.39. The van der Waals surface area contributed by atoms with Gasteiger partial charge in [-0.2, -0.15) is 0 Å². The number of amides is 3. The molecule has 4 N–H and O–H groups in total. The monoisotopic (exact) mass is 295 g/mol. The first-order valence-corrected chi connectivity index (χ1v) is 7.51. The van der Waals surface area contributed by atoms with E-state index < -0.39 is 12.1 Å². The molecule has 0 fully saturated rings. The van der Waals surface area contributed by atoms with Crippen molar-refractivity contribution < 1.29 is 9.59 Å². The molecule has 0 radical (unpaired) electrons. The van der Waals surface area contributed by atoms with E-state index in [2.05, 4.69) is 17.6 Å². The van der Waals surface area contributed by atoms with Crippen molar-refractivity contribution in [3.8, 4) is 0 Å². The molecule has 20 heavy (non-hydrogen) atoms. The number of nitrogens with two attached hydrogens (primary N) is 1. The molecular weight excluding hydrogens is 274 g/mol. The Morgan fingerprint density at radius 3 is 2.30 bits per heavy atom. The van der Waals surface area contributed by atoms with Crippen molar-refractivity contribution in [3.63, 3.8) is 0 Å². The summed E-state index contributed by atoms with van der Waals surface area (Å²) in [5, 5.41) is 5.19. The zero-order valence-corrected chi connectivity index (χ0v) is 12.8. The van der Waals surface area contributed by atoms with Crippen molar-refractivity contribution >= 4 is 23.7 Å². The summed E-state index contributed by atoms with van der Waals surface area (Å²) >= 11 is 1.77. The van der Waals surface area contributed by atoms with Crippen LogP contribution in [0.4, 0.5) is 4.79 Å². The zero-order valence-electron chi connectivity index (χ0n) is 12.0. The fourth-order valence-electron chi connectivity index (χ4n) is 1.72. The maximum Gasteiger partial charge on any atom is 0.312 e. The van der Waals surface area contributed by atoms with E-state index >= 15 is 0 Å². The molecule has 0 aromatic heterocycles. The van der Waals surface area contributed by atoms with Crippen LogP contribution in [0.25, 0.3) is 0 Å². The van der Waals surface area contributed by atoms with Crippen LogP contribution < -0.4 is 16.4 Å². The molecule has 5 nitrogen and oxygen atoms in total. The Kier molecular flexibility index (Phi) is 6.38. The highest BCUT2D eigenvalue weighted by molar-refractivity contribution is 7.99. The number of benzene rings is 1. The number of rotatable bonds is 6. The molecule has 0 bridgehead atoms. The summed E-state index contributed by atoms with van der Waals surface area (Å²) in [5.41, 5.74) is 6.00. The van der Waals surface area contributed by atoms with Crippen LogP contribution >= 0.6 is 11.8 Å². The summed E-state index contributed by atoms with van der Waals surface area (Å²) in [6.45, 7) is 5.60. The third-order valence-electron chi connectivity index (χ3n) is 2.80. The molecule has 0 aliphatic rings. The highest BCUT2D eigenvalue weighted by Crippen LogP contribution is 2.20. The Morgan fingerprint density at radius 1 is 1.20 bits per heavy atom. The fraction of sp³-hybridized carbons (Fsp3) is 0.429. The smallest absolute Gasteiger partial charge is 0.312 e. The first-order valence-electron chi connectivity index (χ1n) is 6.53. The van der Waals surface area contributed by atoms with Gasteiger partial charge in [0.2, 0.25) is 5.91 Å². The van der Waals surface area contributed by atoms with Gasteiger partial charge < -0.3 is 16.4 Å². The van der Waals surface area contributed by atoms with Gasteiger partial charge in [-0.25, -0.2) is 4.79 Å². The van der Waals surface area contributed by atoms with Gasteiger partial charge in [-0.3, -0.25) is 4.79 Å². The van der Waals surface area contributed by atoms with Gasteiger partial charge >= 0.3 is 6.03 Å². The fourth-order valence-corrected chi connectivity index (χ4v) is 2.38. The lowest BCUT2D eigenvalue weighted by atomic mass is 10.1. The SMILES string of the molecule is CCSc1ccc(C(C)NC(=O)C(C)NC(N)=O)cc1. The Morgan fingerprint density at radius 2 is 1.80 bits per heavy atom. The number of urea groups is 1. The molecule has 2 atom stereocenters. The molecule has 1 aromatic rings. The summed E-state index contributed by atoms with van der Waals surface area (Å²) < 4.78 is 0.